The summed E-state index contributed by atoms with van der Waals surface area (Å²) in [6, 6.07) is 12.4. The molecule has 0 amide bonds. The van der Waals surface area contributed by atoms with E-state index >= 15 is 0 Å². The Bertz CT molecular complexity index is 944. The summed E-state index contributed by atoms with van der Waals surface area (Å²) in [5, 5.41) is 11.4. The molecule has 2 atom stereocenters. The highest BCUT2D eigenvalue weighted by molar-refractivity contribution is 5.40. The fraction of sp³-hybridized carbons (Fsp3) is 0.500. The molecule has 0 saturated carbocycles. The van der Waals surface area contributed by atoms with Crippen molar-refractivity contribution in [1.82, 2.24) is 9.80 Å². The zero-order chi connectivity index (χ0) is 22.7. The summed E-state index contributed by atoms with van der Waals surface area (Å²) in [6.45, 7) is 4.61. The third kappa shape index (κ3) is 5.30. The highest BCUT2D eigenvalue weighted by atomic mass is 19.4. The third-order valence-corrected chi connectivity index (χ3v) is 6.68. The van der Waals surface area contributed by atoms with Crippen LogP contribution in [0.1, 0.15) is 41.9 Å². The number of para-hydroxylation sites is 1. The van der Waals surface area contributed by atoms with Crippen LogP contribution in [0.2, 0.25) is 0 Å². The average Bonchev–Trinajstić information content (AvgIpc) is 3.16. The van der Waals surface area contributed by atoms with Gasteiger partial charge in [-0.15, -0.1) is 0 Å². The van der Waals surface area contributed by atoms with Gasteiger partial charge in [0.05, 0.1) is 10.5 Å². The molecule has 2 unspecified atom stereocenters. The molecular weight excluding hydrogens is 419 g/mol. The first-order valence-corrected chi connectivity index (χ1v) is 11.2. The van der Waals surface area contributed by atoms with Gasteiger partial charge in [0.1, 0.15) is 0 Å². The van der Waals surface area contributed by atoms with Gasteiger partial charge >= 0.3 is 6.18 Å². The van der Waals surface area contributed by atoms with Crippen molar-refractivity contribution in [3.05, 3.63) is 75.3 Å². The van der Waals surface area contributed by atoms with E-state index in [-0.39, 0.29) is 22.4 Å². The number of nitro benzene ring substituents is 1. The SMILES string of the molecule is O=[N+]([O-])c1ccccc1CN1CC(CN2CCCCC2)C(c2cccc(C(F)(F)F)c2)C1. The fourth-order valence-electron chi connectivity index (χ4n) is 5.14. The molecule has 5 nitrogen and oxygen atoms in total. The standard InChI is InChI=1S/C24H28F3N3O2/c25-24(26,27)21-9-6-8-18(13-21)22-17-29(14-19-7-2-3-10-23(19)30(31)32)16-20(22)15-28-11-4-1-5-12-28/h2-3,6-10,13,20,22H,1,4-5,11-12,14-17H2. The summed E-state index contributed by atoms with van der Waals surface area (Å²) >= 11 is 0. The number of likely N-dealkylation sites (tertiary alicyclic amines) is 2. The summed E-state index contributed by atoms with van der Waals surface area (Å²) in [7, 11) is 0. The van der Waals surface area contributed by atoms with Crippen LogP contribution < -0.4 is 0 Å². The van der Waals surface area contributed by atoms with Gasteiger partial charge in [0.25, 0.3) is 5.69 Å². The van der Waals surface area contributed by atoms with Crippen molar-refractivity contribution in [3.63, 3.8) is 0 Å². The maximum atomic E-state index is 13.3. The molecule has 172 valence electrons. The molecule has 0 radical (unpaired) electrons. The predicted molar refractivity (Wildman–Crippen MR) is 116 cm³/mol. The minimum absolute atomic E-state index is 0.0398. The van der Waals surface area contributed by atoms with E-state index < -0.39 is 11.7 Å². The van der Waals surface area contributed by atoms with Crippen LogP contribution >= 0.6 is 0 Å². The number of hydrogen-bond donors (Lipinski definition) is 0. The largest absolute Gasteiger partial charge is 0.416 e. The molecule has 2 aromatic carbocycles. The van der Waals surface area contributed by atoms with Gasteiger partial charge in [-0.2, -0.15) is 13.2 Å². The van der Waals surface area contributed by atoms with Crippen molar-refractivity contribution in [3.8, 4) is 0 Å². The van der Waals surface area contributed by atoms with Gasteiger partial charge in [-0.25, -0.2) is 0 Å². The Kier molecular flexibility index (Phi) is 6.81. The number of nitrogens with zero attached hydrogens (tertiary/aromatic N) is 3. The van der Waals surface area contributed by atoms with Crippen molar-refractivity contribution in [2.24, 2.45) is 5.92 Å². The number of hydrogen-bond acceptors (Lipinski definition) is 4. The van der Waals surface area contributed by atoms with Crippen LogP contribution in [0, 0.1) is 16.0 Å². The zero-order valence-electron chi connectivity index (χ0n) is 17.9. The van der Waals surface area contributed by atoms with Crippen LogP contribution in [-0.4, -0.2) is 47.4 Å². The summed E-state index contributed by atoms with van der Waals surface area (Å²) in [4.78, 5) is 15.6. The normalized spacial score (nSPS) is 22.8. The minimum atomic E-state index is -4.37. The van der Waals surface area contributed by atoms with Crippen molar-refractivity contribution in [2.75, 3.05) is 32.7 Å². The topological polar surface area (TPSA) is 49.6 Å². The number of alkyl halides is 3. The molecular formula is C24H28F3N3O2. The number of halogens is 3. The molecule has 2 fully saturated rings. The van der Waals surface area contributed by atoms with E-state index in [4.69, 9.17) is 0 Å². The molecule has 0 bridgehead atoms. The zero-order valence-corrected chi connectivity index (χ0v) is 17.9. The number of piperidine rings is 1. The molecule has 0 spiro atoms. The summed E-state index contributed by atoms with van der Waals surface area (Å²) < 4.78 is 40.0. The lowest BCUT2D eigenvalue weighted by molar-refractivity contribution is -0.385. The van der Waals surface area contributed by atoms with E-state index in [0.29, 0.717) is 30.8 Å². The molecule has 8 heteroatoms. The van der Waals surface area contributed by atoms with Gasteiger partial charge in [0, 0.05) is 43.7 Å². The molecule has 0 aromatic heterocycles. The van der Waals surface area contributed by atoms with Crippen molar-refractivity contribution in [2.45, 2.75) is 37.9 Å². The Balaban J connectivity index is 1.57. The van der Waals surface area contributed by atoms with E-state index in [1.165, 1.54) is 24.6 Å². The molecule has 2 aliphatic heterocycles. The minimum Gasteiger partial charge on any atom is -0.303 e. The first-order chi connectivity index (χ1) is 15.3. The van der Waals surface area contributed by atoms with Crippen LogP contribution in [-0.2, 0) is 12.7 Å². The van der Waals surface area contributed by atoms with Gasteiger partial charge in [0.2, 0.25) is 0 Å². The third-order valence-electron chi connectivity index (χ3n) is 6.68. The van der Waals surface area contributed by atoms with Gasteiger partial charge < -0.3 is 4.90 Å². The number of nitro groups is 1. The Labute approximate surface area is 186 Å². The van der Waals surface area contributed by atoms with E-state index in [9.17, 15) is 23.3 Å². The van der Waals surface area contributed by atoms with Gasteiger partial charge in [-0.05, 0) is 43.5 Å². The van der Waals surface area contributed by atoms with Gasteiger partial charge in [-0.1, -0.05) is 42.8 Å². The molecule has 32 heavy (non-hydrogen) atoms. The molecule has 0 aliphatic carbocycles. The Morgan fingerprint density at radius 2 is 1.72 bits per heavy atom. The number of benzene rings is 2. The van der Waals surface area contributed by atoms with Gasteiger partial charge in [-0.3, -0.25) is 15.0 Å². The molecule has 2 aliphatic rings. The van der Waals surface area contributed by atoms with E-state index in [1.807, 2.05) is 0 Å². The lowest BCUT2D eigenvalue weighted by atomic mass is 9.87. The molecule has 2 heterocycles. The molecule has 0 N–H and O–H groups in total. The van der Waals surface area contributed by atoms with Crippen molar-refractivity contribution in [1.29, 1.82) is 0 Å². The van der Waals surface area contributed by atoms with Crippen molar-refractivity contribution >= 4 is 5.69 Å². The molecule has 4 rings (SSSR count). The highest BCUT2D eigenvalue weighted by Crippen LogP contribution is 2.38. The van der Waals surface area contributed by atoms with Crippen LogP contribution in [0.25, 0.3) is 0 Å². The van der Waals surface area contributed by atoms with Crippen LogP contribution in [0.4, 0.5) is 18.9 Å². The van der Waals surface area contributed by atoms with Crippen LogP contribution in [0.15, 0.2) is 48.5 Å². The quantitative estimate of drug-likeness (QED) is 0.445. The van der Waals surface area contributed by atoms with E-state index in [2.05, 4.69) is 9.80 Å². The smallest absolute Gasteiger partial charge is 0.303 e. The summed E-state index contributed by atoms with van der Waals surface area (Å²) in [5.74, 6) is 0.140. The lowest BCUT2D eigenvalue weighted by Crippen LogP contribution is -2.36. The average molecular weight is 448 g/mol. The van der Waals surface area contributed by atoms with E-state index in [0.717, 1.165) is 38.5 Å². The van der Waals surface area contributed by atoms with E-state index in [1.54, 1.807) is 24.3 Å². The Hall–Kier alpha value is -2.45. The highest BCUT2D eigenvalue weighted by Gasteiger charge is 2.37. The fourth-order valence-corrected chi connectivity index (χ4v) is 5.14. The Morgan fingerprint density at radius 3 is 2.44 bits per heavy atom. The van der Waals surface area contributed by atoms with Gasteiger partial charge in [0.15, 0.2) is 0 Å². The first-order valence-electron chi connectivity index (χ1n) is 11.2. The lowest BCUT2D eigenvalue weighted by Gasteiger charge is -2.31. The maximum absolute atomic E-state index is 13.3. The second-order valence-corrected chi connectivity index (χ2v) is 8.93. The first kappa shape index (κ1) is 22.7. The second kappa shape index (κ2) is 9.58. The van der Waals surface area contributed by atoms with Crippen LogP contribution in [0.3, 0.4) is 0 Å². The Morgan fingerprint density at radius 1 is 0.969 bits per heavy atom. The van der Waals surface area contributed by atoms with Crippen LogP contribution in [0.5, 0.6) is 0 Å². The molecule has 2 aromatic rings. The summed E-state index contributed by atoms with van der Waals surface area (Å²) in [6.07, 6.45) is -0.842. The monoisotopic (exact) mass is 447 g/mol. The summed E-state index contributed by atoms with van der Waals surface area (Å²) in [5.41, 5.74) is 0.803. The maximum Gasteiger partial charge on any atom is 0.416 e. The predicted octanol–water partition coefficient (Wildman–Crippen LogP) is 5.32. The number of rotatable bonds is 6. The molecule has 2 saturated heterocycles. The second-order valence-electron chi connectivity index (χ2n) is 8.93. The van der Waals surface area contributed by atoms with Crippen molar-refractivity contribution < 1.29 is 18.1 Å².